The Morgan fingerprint density at radius 1 is 1.08 bits per heavy atom. The molecule has 2 aliphatic rings. The average molecular weight is 323 g/mol. The van der Waals surface area contributed by atoms with Gasteiger partial charge < -0.3 is 14.4 Å². The van der Waals surface area contributed by atoms with Crippen LogP contribution in [0, 0.1) is 0 Å². The summed E-state index contributed by atoms with van der Waals surface area (Å²) in [6.07, 6.45) is 1.68. The maximum absolute atomic E-state index is 12.2. The van der Waals surface area contributed by atoms with Gasteiger partial charge in [0, 0.05) is 13.0 Å². The van der Waals surface area contributed by atoms with Crippen molar-refractivity contribution in [1.29, 1.82) is 0 Å². The van der Waals surface area contributed by atoms with Crippen molar-refractivity contribution >= 4 is 6.09 Å². The zero-order chi connectivity index (χ0) is 16.4. The predicted octanol–water partition coefficient (Wildman–Crippen LogP) is 3.41. The maximum atomic E-state index is 12.2. The molecule has 2 aromatic carbocycles. The normalized spacial score (nSPS) is 25.0. The highest BCUT2D eigenvalue weighted by molar-refractivity contribution is 5.68. The van der Waals surface area contributed by atoms with Crippen LogP contribution in [-0.2, 0) is 22.5 Å². The number of ether oxygens (including phenoxy) is 2. The summed E-state index contributed by atoms with van der Waals surface area (Å²) in [6, 6.07) is 20.2. The van der Waals surface area contributed by atoms with E-state index in [0.717, 1.165) is 18.4 Å². The summed E-state index contributed by atoms with van der Waals surface area (Å²) in [7, 11) is 0. The van der Waals surface area contributed by atoms with E-state index in [-0.39, 0.29) is 17.8 Å². The molecule has 1 amide bonds. The highest BCUT2D eigenvalue weighted by Gasteiger charge is 2.59. The molecule has 0 bridgehead atoms. The molecule has 2 fully saturated rings. The molecule has 24 heavy (non-hydrogen) atoms. The van der Waals surface area contributed by atoms with Gasteiger partial charge in [-0.2, -0.15) is 0 Å². The van der Waals surface area contributed by atoms with Crippen LogP contribution in [0.2, 0.25) is 0 Å². The number of hydrogen-bond acceptors (Lipinski definition) is 3. The molecule has 2 heterocycles. The van der Waals surface area contributed by atoms with Gasteiger partial charge in [-0.15, -0.1) is 0 Å². The molecule has 0 saturated carbocycles. The Labute approximate surface area is 142 Å². The third-order valence-corrected chi connectivity index (χ3v) is 4.91. The van der Waals surface area contributed by atoms with Crippen LogP contribution in [0.1, 0.15) is 17.5 Å². The van der Waals surface area contributed by atoms with Crippen LogP contribution in [-0.4, -0.2) is 35.8 Å². The third-order valence-electron chi connectivity index (χ3n) is 4.91. The first-order chi connectivity index (χ1) is 11.8. The zero-order valence-corrected chi connectivity index (χ0v) is 13.6. The van der Waals surface area contributed by atoms with E-state index >= 15 is 0 Å². The molecule has 2 aliphatic heterocycles. The van der Waals surface area contributed by atoms with Crippen molar-refractivity contribution in [2.45, 2.75) is 31.2 Å². The fourth-order valence-electron chi connectivity index (χ4n) is 3.45. The second-order valence-corrected chi connectivity index (χ2v) is 6.57. The van der Waals surface area contributed by atoms with Gasteiger partial charge in [0.15, 0.2) is 0 Å². The largest absolute Gasteiger partial charge is 0.445 e. The molecule has 124 valence electrons. The number of rotatable bonds is 4. The number of likely N-dealkylation sites (tertiary alicyclic amines) is 1. The van der Waals surface area contributed by atoms with Gasteiger partial charge in [0.1, 0.15) is 18.3 Å². The maximum Gasteiger partial charge on any atom is 0.410 e. The number of nitrogens with zero attached hydrogens (tertiary/aromatic N) is 1. The van der Waals surface area contributed by atoms with E-state index < -0.39 is 0 Å². The van der Waals surface area contributed by atoms with E-state index in [1.165, 1.54) is 5.56 Å². The SMILES string of the molecule is O=C(OCc1ccccc1)N1CC[C@@]2(Cc3ccccc3)O[C@H]2C1. The summed E-state index contributed by atoms with van der Waals surface area (Å²) in [5.74, 6) is 0. The Morgan fingerprint density at radius 2 is 1.75 bits per heavy atom. The van der Waals surface area contributed by atoms with Crippen molar-refractivity contribution in [3.63, 3.8) is 0 Å². The second kappa shape index (κ2) is 6.29. The molecule has 2 saturated heterocycles. The minimum absolute atomic E-state index is 0.0719. The predicted molar refractivity (Wildman–Crippen MR) is 90.6 cm³/mol. The summed E-state index contributed by atoms with van der Waals surface area (Å²) >= 11 is 0. The molecule has 0 aliphatic carbocycles. The first-order valence-electron chi connectivity index (χ1n) is 8.43. The highest BCUT2D eigenvalue weighted by atomic mass is 16.6. The standard InChI is InChI=1S/C20H21NO3/c22-19(23-15-17-9-5-2-6-10-17)21-12-11-20(18(14-21)24-20)13-16-7-3-1-4-8-16/h1-10,18H,11-15H2/t18-,20-/m0/s1. The van der Waals surface area contributed by atoms with Crippen molar-refractivity contribution < 1.29 is 14.3 Å². The van der Waals surface area contributed by atoms with Crippen LogP contribution in [0.15, 0.2) is 60.7 Å². The van der Waals surface area contributed by atoms with E-state index in [9.17, 15) is 4.79 Å². The summed E-state index contributed by atoms with van der Waals surface area (Å²) in [6.45, 7) is 1.63. The molecule has 0 unspecified atom stereocenters. The number of benzene rings is 2. The van der Waals surface area contributed by atoms with Crippen molar-refractivity contribution in [3.8, 4) is 0 Å². The fraction of sp³-hybridized carbons (Fsp3) is 0.350. The van der Waals surface area contributed by atoms with E-state index in [1.807, 2.05) is 36.4 Å². The monoisotopic (exact) mass is 323 g/mol. The quantitative estimate of drug-likeness (QED) is 0.810. The van der Waals surface area contributed by atoms with Gasteiger partial charge in [-0.25, -0.2) is 4.79 Å². The van der Waals surface area contributed by atoms with Gasteiger partial charge in [0.05, 0.1) is 6.54 Å². The number of hydrogen-bond donors (Lipinski definition) is 0. The van der Waals surface area contributed by atoms with Gasteiger partial charge in [-0.3, -0.25) is 0 Å². The van der Waals surface area contributed by atoms with E-state index in [0.29, 0.717) is 19.7 Å². The molecule has 0 radical (unpaired) electrons. The van der Waals surface area contributed by atoms with Gasteiger partial charge in [0.2, 0.25) is 0 Å². The molecule has 2 aromatic rings. The van der Waals surface area contributed by atoms with Crippen molar-refractivity contribution in [2.75, 3.05) is 13.1 Å². The summed E-state index contributed by atoms with van der Waals surface area (Å²) in [4.78, 5) is 14.0. The Kier molecular flexibility index (Phi) is 3.98. The number of fused-ring (bicyclic) bond motifs is 1. The molecule has 0 spiro atoms. The number of epoxide rings is 1. The topological polar surface area (TPSA) is 42.1 Å². The lowest BCUT2D eigenvalue weighted by Gasteiger charge is -2.28. The van der Waals surface area contributed by atoms with E-state index in [2.05, 4.69) is 24.3 Å². The fourth-order valence-corrected chi connectivity index (χ4v) is 3.45. The van der Waals surface area contributed by atoms with Crippen molar-refractivity contribution in [2.24, 2.45) is 0 Å². The highest BCUT2D eigenvalue weighted by Crippen LogP contribution is 2.46. The Balaban J connectivity index is 1.29. The van der Waals surface area contributed by atoms with Gasteiger partial charge >= 0.3 is 6.09 Å². The van der Waals surface area contributed by atoms with Crippen molar-refractivity contribution in [3.05, 3.63) is 71.8 Å². The molecule has 4 heteroatoms. The number of piperidine rings is 1. The van der Waals surface area contributed by atoms with E-state index in [1.54, 1.807) is 4.90 Å². The first kappa shape index (κ1) is 15.2. The number of carbonyl (C=O) groups is 1. The zero-order valence-electron chi connectivity index (χ0n) is 13.6. The molecule has 4 nitrogen and oxygen atoms in total. The molecular weight excluding hydrogens is 302 g/mol. The van der Waals surface area contributed by atoms with Gasteiger partial charge in [0.25, 0.3) is 0 Å². The van der Waals surface area contributed by atoms with E-state index in [4.69, 9.17) is 9.47 Å². The molecule has 0 N–H and O–H groups in total. The number of carbonyl (C=O) groups excluding carboxylic acids is 1. The minimum Gasteiger partial charge on any atom is -0.445 e. The van der Waals surface area contributed by atoms with Crippen LogP contribution < -0.4 is 0 Å². The van der Waals surface area contributed by atoms with Crippen LogP contribution in [0.5, 0.6) is 0 Å². The van der Waals surface area contributed by atoms with Gasteiger partial charge in [-0.05, 0) is 17.5 Å². The second-order valence-electron chi connectivity index (χ2n) is 6.57. The first-order valence-corrected chi connectivity index (χ1v) is 8.43. The average Bonchev–Trinajstić information content (AvgIpc) is 3.34. The smallest absolute Gasteiger partial charge is 0.410 e. The molecule has 4 rings (SSSR count). The Morgan fingerprint density at radius 3 is 2.42 bits per heavy atom. The summed E-state index contributed by atoms with van der Waals surface area (Å²) < 4.78 is 11.4. The Bertz CT molecular complexity index is 703. The lowest BCUT2D eigenvalue weighted by atomic mass is 9.90. The molecule has 2 atom stereocenters. The van der Waals surface area contributed by atoms with Crippen LogP contribution >= 0.6 is 0 Å². The minimum atomic E-state index is -0.248. The van der Waals surface area contributed by atoms with Crippen LogP contribution in [0.4, 0.5) is 4.79 Å². The number of amides is 1. The van der Waals surface area contributed by atoms with Crippen LogP contribution in [0.3, 0.4) is 0 Å². The van der Waals surface area contributed by atoms with Gasteiger partial charge in [-0.1, -0.05) is 60.7 Å². The molecule has 0 aromatic heterocycles. The molecular formula is C20H21NO3. The third kappa shape index (κ3) is 3.15. The lowest BCUT2D eigenvalue weighted by molar-refractivity contribution is 0.0897. The van der Waals surface area contributed by atoms with Crippen molar-refractivity contribution in [1.82, 2.24) is 4.90 Å². The lowest BCUT2D eigenvalue weighted by Crippen LogP contribution is -2.43. The van der Waals surface area contributed by atoms with Crippen LogP contribution in [0.25, 0.3) is 0 Å². The summed E-state index contributed by atoms with van der Waals surface area (Å²) in [5, 5.41) is 0. The Hall–Kier alpha value is -2.33. The summed E-state index contributed by atoms with van der Waals surface area (Å²) in [5.41, 5.74) is 2.22.